The molecule has 18 heteroatoms. The van der Waals surface area contributed by atoms with Gasteiger partial charge in [0.15, 0.2) is 0 Å². The lowest BCUT2D eigenvalue weighted by atomic mass is 9.84. The van der Waals surface area contributed by atoms with E-state index in [0.717, 1.165) is 50.8 Å². The first-order valence-corrected chi connectivity index (χ1v) is 24.2. The van der Waals surface area contributed by atoms with Crippen LogP contribution in [0, 0.1) is 11.3 Å². The summed E-state index contributed by atoms with van der Waals surface area (Å²) in [6, 6.07) is 7.92. The number of carbonyl (C=O) groups excluding carboxylic acids is 5. The largest absolute Gasteiger partial charge is 0.464 e. The molecule has 0 radical (unpaired) electrons. The molecule has 2 aliphatic rings. The molecule has 6 rings (SSSR count). The zero-order valence-electron chi connectivity index (χ0n) is 39.4. The summed E-state index contributed by atoms with van der Waals surface area (Å²) in [5.74, 6) is -2.05. The van der Waals surface area contributed by atoms with Crippen LogP contribution in [0.1, 0.15) is 76.8 Å². The van der Waals surface area contributed by atoms with Gasteiger partial charge in [0.05, 0.1) is 34.8 Å². The van der Waals surface area contributed by atoms with Gasteiger partial charge in [-0.3, -0.25) is 29.2 Å². The van der Waals surface area contributed by atoms with Crippen LogP contribution in [0.5, 0.6) is 0 Å². The summed E-state index contributed by atoms with van der Waals surface area (Å²) in [6.07, 6.45) is 4.36. The highest BCUT2D eigenvalue weighted by Gasteiger charge is 2.43. The monoisotopic (exact) mass is 927 g/mol. The van der Waals surface area contributed by atoms with Crippen molar-refractivity contribution in [1.29, 1.82) is 0 Å². The second kappa shape index (κ2) is 20.4. The summed E-state index contributed by atoms with van der Waals surface area (Å²) in [6.45, 7) is 17.0. The standard InChI is InChI=1S/C47H65N9O7SSi/c1-11-37(57)48-20-22-53(8)45(61)54(9)40(28(3)4)42(58)51-34-24-38-50-35(26-64-38)30-16-17-36-32(23-30)33(41(55(36)12-2)31-15-13-19-49-39(31)29(5)62-10)25-46(6,7)27-63-44(60)47(65)18-14-21-56(52-47)43(34)59/h11,13,15-17,19,23,26,28-29,34,40,52H,1,12,14,18,20-22,24-25,27H2,2-10,65H3,(H,48,57)(H,51,58)/t29-,34-,40-,47-/m0/s1. The van der Waals surface area contributed by atoms with Crippen LogP contribution in [0.4, 0.5) is 4.79 Å². The van der Waals surface area contributed by atoms with Crippen molar-refractivity contribution in [3.63, 3.8) is 0 Å². The Bertz CT molecular complexity index is 2430. The maximum atomic E-state index is 14.7. The van der Waals surface area contributed by atoms with Gasteiger partial charge in [-0.05, 0) is 74.9 Å². The fourth-order valence-corrected chi connectivity index (χ4v) is 10.5. The SMILES string of the molecule is C=CC(=O)NCCN(C)C(=O)N(C)[C@H](C(=O)N[C@H]1Cc2nc(cs2)-c2ccc3c(c2)c(c(-c2cccnc2[C@H](C)OC)n3CC)CC(C)(C)COC(=O)[C@@]2([SiH3])CCCN(N2)C1=O)C(C)C. The number of aromatic nitrogens is 3. The Morgan fingerprint density at radius 3 is 2.63 bits per heavy atom. The van der Waals surface area contributed by atoms with Gasteiger partial charge in [-0.25, -0.2) is 15.2 Å². The van der Waals surface area contributed by atoms with E-state index in [9.17, 15) is 24.0 Å². The smallest absolute Gasteiger partial charge is 0.323 e. The zero-order chi connectivity index (χ0) is 47.4. The Hall–Kier alpha value is -5.43. The van der Waals surface area contributed by atoms with Gasteiger partial charge in [-0.1, -0.05) is 40.3 Å². The number of cyclic esters (lactones) is 1. The topological polar surface area (TPSA) is 180 Å². The van der Waals surface area contributed by atoms with Gasteiger partial charge in [0.1, 0.15) is 17.2 Å². The maximum Gasteiger partial charge on any atom is 0.323 e. The quantitative estimate of drug-likeness (QED) is 0.106. The number of likely N-dealkylation sites (N-methyl/N-ethyl adjacent to an activating group) is 2. The minimum absolute atomic E-state index is 0.0664. The predicted octanol–water partition coefficient (Wildman–Crippen LogP) is 4.21. The van der Waals surface area contributed by atoms with Crippen molar-refractivity contribution >= 4 is 62.2 Å². The summed E-state index contributed by atoms with van der Waals surface area (Å²) < 4.78 is 14.4. The van der Waals surface area contributed by atoms with Crippen LogP contribution >= 0.6 is 11.3 Å². The van der Waals surface area contributed by atoms with Crippen LogP contribution in [0.3, 0.4) is 0 Å². The van der Waals surface area contributed by atoms with Crippen molar-refractivity contribution < 1.29 is 33.4 Å². The molecular formula is C47H65N9O7SSi. The normalized spacial score (nSPS) is 19.8. The number of hydrazine groups is 1. The van der Waals surface area contributed by atoms with E-state index in [1.54, 1.807) is 27.4 Å². The highest BCUT2D eigenvalue weighted by atomic mass is 32.1. The number of nitrogens with one attached hydrogen (secondary N) is 3. The molecule has 0 saturated carbocycles. The molecule has 5 heterocycles. The molecule has 6 bridgehead atoms. The van der Waals surface area contributed by atoms with Crippen LogP contribution in [0.15, 0.2) is 54.6 Å². The number of nitrogens with zero attached hydrogens (tertiary/aromatic N) is 6. The van der Waals surface area contributed by atoms with E-state index in [4.69, 9.17) is 19.4 Å². The first-order chi connectivity index (χ1) is 30.8. The molecule has 4 aromatic rings. The first-order valence-electron chi connectivity index (χ1n) is 22.4. The molecule has 2 aliphatic heterocycles. The van der Waals surface area contributed by atoms with Gasteiger partial charge < -0.3 is 34.5 Å². The van der Waals surface area contributed by atoms with Gasteiger partial charge >= 0.3 is 12.0 Å². The first kappa shape index (κ1) is 49.0. The van der Waals surface area contributed by atoms with E-state index in [0.29, 0.717) is 47.6 Å². The highest BCUT2D eigenvalue weighted by molar-refractivity contribution is 7.10. The van der Waals surface area contributed by atoms with Gasteiger partial charge in [-0.15, -0.1) is 11.3 Å². The molecule has 16 nitrogen and oxygen atoms in total. The number of methoxy groups -OCH3 is 1. The summed E-state index contributed by atoms with van der Waals surface area (Å²) in [4.78, 5) is 81.3. The van der Waals surface area contributed by atoms with Gasteiger partial charge in [0.25, 0.3) is 5.91 Å². The number of thiazole rings is 1. The number of fused-ring (bicyclic) bond motifs is 6. The number of pyridine rings is 1. The van der Waals surface area contributed by atoms with Crippen molar-refractivity contribution in [3.8, 4) is 22.5 Å². The van der Waals surface area contributed by atoms with Crippen LogP contribution < -0.4 is 16.1 Å². The molecule has 3 aromatic heterocycles. The minimum Gasteiger partial charge on any atom is -0.464 e. The lowest BCUT2D eigenvalue weighted by Gasteiger charge is -2.41. The van der Waals surface area contributed by atoms with Gasteiger partial charge in [0.2, 0.25) is 11.8 Å². The Morgan fingerprint density at radius 1 is 1.18 bits per heavy atom. The average molecular weight is 928 g/mol. The Kier molecular flexibility index (Phi) is 15.4. The molecule has 5 amide bonds. The third-order valence-electron chi connectivity index (χ3n) is 12.4. The molecule has 3 N–H and O–H groups in total. The molecule has 0 spiro atoms. The van der Waals surface area contributed by atoms with E-state index in [1.165, 1.54) is 26.1 Å². The molecule has 4 atom stereocenters. The molecule has 0 aliphatic carbocycles. The lowest BCUT2D eigenvalue weighted by Crippen LogP contribution is -2.67. The minimum atomic E-state index is -1.10. The van der Waals surface area contributed by atoms with E-state index < -0.39 is 46.5 Å². The number of urea groups is 1. The van der Waals surface area contributed by atoms with Crippen LogP contribution in [-0.2, 0) is 48.0 Å². The molecule has 1 fully saturated rings. The summed E-state index contributed by atoms with van der Waals surface area (Å²) in [7, 11) is 5.17. The van der Waals surface area contributed by atoms with Crippen LogP contribution in [0.25, 0.3) is 33.4 Å². The van der Waals surface area contributed by atoms with Crippen molar-refractivity contribution in [2.45, 2.75) is 97.1 Å². The van der Waals surface area contributed by atoms with Crippen molar-refractivity contribution in [2.75, 3.05) is 47.4 Å². The third-order valence-corrected chi connectivity index (χ3v) is 14.4. The number of amides is 5. The van der Waals surface area contributed by atoms with Gasteiger partial charge in [-0.2, -0.15) is 0 Å². The van der Waals surface area contributed by atoms with Crippen LogP contribution in [0.2, 0.25) is 0 Å². The lowest BCUT2D eigenvalue weighted by molar-refractivity contribution is -0.158. The van der Waals surface area contributed by atoms with Gasteiger partial charge in [0, 0.05) is 103 Å². The second-order valence-electron chi connectivity index (χ2n) is 18.5. The molecule has 350 valence electrons. The Morgan fingerprint density at radius 2 is 1.94 bits per heavy atom. The van der Waals surface area contributed by atoms with E-state index >= 15 is 0 Å². The maximum absolute atomic E-state index is 14.7. The molecule has 65 heavy (non-hydrogen) atoms. The molecule has 1 saturated heterocycles. The number of aryl methyl sites for hydroxylation is 1. The third kappa shape index (κ3) is 10.7. The molecule has 0 unspecified atom stereocenters. The highest BCUT2D eigenvalue weighted by Crippen LogP contribution is 2.42. The van der Waals surface area contributed by atoms with E-state index in [-0.39, 0.29) is 44.0 Å². The number of rotatable bonds is 12. The fraction of sp³-hybridized carbons (Fsp3) is 0.511. The van der Waals surface area contributed by atoms with Crippen LogP contribution in [-0.4, -0.2) is 134 Å². The van der Waals surface area contributed by atoms with E-state index in [2.05, 4.69) is 72.2 Å². The average Bonchev–Trinajstić information content (AvgIpc) is 3.88. The Balaban J connectivity index is 1.41. The zero-order valence-corrected chi connectivity index (χ0v) is 42.3. The Labute approximate surface area is 388 Å². The second-order valence-corrected chi connectivity index (χ2v) is 21.1. The number of benzene rings is 1. The number of carbonyl (C=O) groups is 5. The number of ether oxygens (including phenoxy) is 2. The predicted molar refractivity (Wildman–Crippen MR) is 256 cm³/mol. The fourth-order valence-electron chi connectivity index (χ4n) is 8.90. The van der Waals surface area contributed by atoms with Crippen molar-refractivity contribution in [2.24, 2.45) is 11.3 Å². The van der Waals surface area contributed by atoms with E-state index in [1.807, 2.05) is 32.2 Å². The summed E-state index contributed by atoms with van der Waals surface area (Å²) >= 11 is 1.40. The summed E-state index contributed by atoms with van der Waals surface area (Å²) in [5, 5.41) is 9.66. The van der Waals surface area contributed by atoms with Crippen molar-refractivity contribution in [3.05, 3.63) is 70.8 Å². The number of hydrogen-bond donors (Lipinski definition) is 3. The number of esters is 1. The molecular weight excluding hydrogens is 863 g/mol. The van der Waals surface area contributed by atoms with Crippen molar-refractivity contribution in [1.82, 2.24) is 45.4 Å². The number of hydrogen-bond acceptors (Lipinski definition) is 11. The molecule has 1 aromatic carbocycles. The summed E-state index contributed by atoms with van der Waals surface area (Å²) in [5.41, 5.74) is 9.36.